The van der Waals surface area contributed by atoms with Crippen LogP contribution in [0.4, 0.5) is 0 Å². The summed E-state index contributed by atoms with van der Waals surface area (Å²) in [5, 5.41) is 3.12. The number of hydrogen-bond acceptors (Lipinski definition) is 4. The van der Waals surface area contributed by atoms with Gasteiger partial charge in [0.05, 0.1) is 19.8 Å². The Labute approximate surface area is 167 Å². The first-order valence-electron chi connectivity index (χ1n) is 10.1. The van der Waals surface area contributed by atoms with Crippen molar-refractivity contribution in [2.45, 2.75) is 31.7 Å². The van der Waals surface area contributed by atoms with Crippen LogP contribution in [0.15, 0.2) is 54.6 Å². The zero-order valence-corrected chi connectivity index (χ0v) is 16.6. The lowest BCUT2D eigenvalue weighted by atomic mass is 10.1. The quantitative estimate of drug-likeness (QED) is 0.635. The van der Waals surface area contributed by atoms with E-state index >= 15 is 0 Å². The summed E-state index contributed by atoms with van der Waals surface area (Å²) in [6, 6.07) is 18.2. The molecule has 2 aromatic rings. The lowest BCUT2D eigenvalue weighted by Gasteiger charge is -2.28. The number of methoxy groups -OCH3 is 1. The van der Waals surface area contributed by atoms with Crippen LogP contribution in [0.1, 0.15) is 37.3 Å². The lowest BCUT2D eigenvalue weighted by molar-refractivity contribution is -0.121. The summed E-state index contributed by atoms with van der Waals surface area (Å²) in [5.74, 6) is 1.68. The molecule has 28 heavy (non-hydrogen) atoms. The largest absolute Gasteiger partial charge is 0.497 e. The van der Waals surface area contributed by atoms with Gasteiger partial charge < -0.3 is 14.8 Å². The summed E-state index contributed by atoms with van der Waals surface area (Å²) < 4.78 is 10.8. The zero-order chi connectivity index (χ0) is 19.6. The number of benzene rings is 2. The van der Waals surface area contributed by atoms with E-state index in [0.29, 0.717) is 26.0 Å². The molecule has 0 aliphatic carbocycles. The van der Waals surface area contributed by atoms with Crippen LogP contribution < -0.4 is 14.8 Å². The van der Waals surface area contributed by atoms with Crippen molar-refractivity contribution in [1.29, 1.82) is 0 Å². The molecule has 2 aromatic carbocycles. The van der Waals surface area contributed by atoms with Crippen molar-refractivity contribution in [3.05, 3.63) is 60.2 Å². The Morgan fingerprint density at radius 2 is 1.71 bits per heavy atom. The second-order valence-electron chi connectivity index (χ2n) is 7.10. The third-order valence-electron chi connectivity index (χ3n) is 5.13. The molecule has 3 rings (SSSR count). The Morgan fingerprint density at radius 1 is 1.04 bits per heavy atom. The zero-order valence-electron chi connectivity index (χ0n) is 16.6. The van der Waals surface area contributed by atoms with E-state index in [1.165, 1.54) is 18.4 Å². The number of rotatable bonds is 10. The number of nitrogens with one attached hydrogen (secondary N) is 1. The second kappa shape index (κ2) is 10.7. The average molecular weight is 383 g/mol. The molecule has 1 amide bonds. The van der Waals surface area contributed by atoms with Crippen LogP contribution in [0.2, 0.25) is 0 Å². The molecule has 1 aliphatic rings. The SMILES string of the molecule is COc1ccc(OCCCC(=O)NCC(c2ccccc2)N2CCCC2)cc1. The first-order chi connectivity index (χ1) is 13.8. The number of ether oxygens (including phenoxy) is 2. The van der Waals surface area contributed by atoms with E-state index in [4.69, 9.17) is 9.47 Å². The van der Waals surface area contributed by atoms with Gasteiger partial charge >= 0.3 is 0 Å². The van der Waals surface area contributed by atoms with Crippen molar-refractivity contribution >= 4 is 5.91 Å². The van der Waals surface area contributed by atoms with Gasteiger partial charge in [-0.3, -0.25) is 9.69 Å². The van der Waals surface area contributed by atoms with Gasteiger partial charge in [0.1, 0.15) is 11.5 Å². The minimum Gasteiger partial charge on any atom is -0.497 e. The molecule has 0 aromatic heterocycles. The Bertz CT molecular complexity index is 712. The highest BCUT2D eigenvalue weighted by atomic mass is 16.5. The van der Waals surface area contributed by atoms with Crippen molar-refractivity contribution in [2.75, 3.05) is 33.4 Å². The van der Waals surface area contributed by atoms with Crippen molar-refractivity contribution in [1.82, 2.24) is 10.2 Å². The molecule has 1 heterocycles. The molecule has 1 saturated heterocycles. The third kappa shape index (κ3) is 5.99. The molecule has 5 nitrogen and oxygen atoms in total. The smallest absolute Gasteiger partial charge is 0.220 e. The molecule has 1 atom stereocenters. The molecule has 0 bridgehead atoms. The maximum atomic E-state index is 12.3. The van der Waals surface area contributed by atoms with E-state index in [9.17, 15) is 4.79 Å². The predicted octanol–water partition coefficient (Wildman–Crippen LogP) is 3.81. The van der Waals surface area contributed by atoms with Crippen molar-refractivity contribution in [3.8, 4) is 11.5 Å². The van der Waals surface area contributed by atoms with Crippen LogP contribution in [0.5, 0.6) is 11.5 Å². The van der Waals surface area contributed by atoms with Gasteiger partial charge in [-0.15, -0.1) is 0 Å². The molecule has 150 valence electrons. The molecular weight excluding hydrogens is 352 g/mol. The number of likely N-dealkylation sites (tertiary alicyclic amines) is 1. The van der Waals surface area contributed by atoms with E-state index in [1.54, 1.807) is 7.11 Å². The maximum absolute atomic E-state index is 12.3. The highest BCUT2D eigenvalue weighted by molar-refractivity contribution is 5.75. The number of nitrogens with zero attached hydrogens (tertiary/aromatic N) is 1. The molecular formula is C23H30N2O3. The van der Waals surface area contributed by atoms with Gasteiger partial charge in [0, 0.05) is 13.0 Å². The van der Waals surface area contributed by atoms with Crippen molar-refractivity contribution in [3.63, 3.8) is 0 Å². The predicted molar refractivity (Wildman–Crippen MR) is 111 cm³/mol. The summed E-state index contributed by atoms with van der Waals surface area (Å²) in [6.07, 6.45) is 3.63. The summed E-state index contributed by atoms with van der Waals surface area (Å²) in [4.78, 5) is 14.8. The number of carbonyl (C=O) groups is 1. The van der Waals surface area contributed by atoms with Crippen LogP contribution in [0, 0.1) is 0 Å². The molecule has 5 heteroatoms. The van der Waals surface area contributed by atoms with E-state index in [-0.39, 0.29) is 11.9 Å². The molecule has 0 spiro atoms. The summed E-state index contributed by atoms with van der Waals surface area (Å²) >= 11 is 0. The molecule has 1 fully saturated rings. The normalized spacial score (nSPS) is 15.2. The van der Waals surface area contributed by atoms with Crippen LogP contribution in [-0.2, 0) is 4.79 Å². The van der Waals surface area contributed by atoms with E-state index in [2.05, 4.69) is 34.5 Å². The average Bonchev–Trinajstić information content (AvgIpc) is 3.27. The Kier molecular flexibility index (Phi) is 7.73. The molecule has 0 saturated carbocycles. The van der Waals surface area contributed by atoms with Gasteiger partial charge in [0.25, 0.3) is 0 Å². The van der Waals surface area contributed by atoms with E-state index in [0.717, 1.165) is 24.6 Å². The molecule has 0 radical (unpaired) electrons. The van der Waals surface area contributed by atoms with Crippen LogP contribution in [0.3, 0.4) is 0 Å². The van der Waals surface area contributed by atoms with Crippen LogP contribution >= 0.6 is 0 Å². The molecule has 1 unspecified atom stereocenters. The maximum Gasteiger partial charge on any atom is 0.220 e. The highest BCUT2D eigenvalue weighted by Crippen LogP contribution is 2.24. The summed E-state index contributed by atoms with van der Waals surface area (Å²) in [5.41, 5.74) is 1.27. The van der Waals surface area contributed by atoms with Gasteiger partial charge in [-0.05, 0) is 62.2 Å². The Morgan fingerprint density at radius 3 is 2.39 bits per heavy atom. The first-order valence-corrected chi connectivity index (χ1v) is 10.1. The summed E-state index contributed by atoms with van der Waals surface area (Å²) in [7, 11) is 1.64. The fourth-order valence-corrected chi connectivity index (χ4v) is 3.58. The standard InChI is InChI=1S/C23H30N2O3/c1-27-20-11-13-21(14-12-20)28-17-7-10-23(26)24-18-22(25-15-5-6-16-25)19-8-3-2-4-9-19/h2-4,8-9,11-14,22H,5-7,10,15-18H2,1H3,(H,24,26). The Balaban J connectivity index is 1.40. The topological polar surface area (TPSA) is 50.8 Å². The van der Waals surface area contributed by atoms with Gasteiger partial charge in [0.2, 0.25) is 5.91 Å². The monoisotopic (exact) mass is 382 g/mol. The van der Waals surface area contributed by atoms with Crippen LogP contribution in [-0.4, -0.2) is 44.2 Å². The second-order valence-corrected chi connectivity index (χ2v) is 7.10. The minimum absolute atomic E-state index is 0.0819. The first kappa shape index (κ1) is 20.2. The van der Waals surface area contributed by atoms with Gasteiger partial charge in [0.15, 0.2) is 0 Å². The van der Waals surface area contributed by atoms with E-state index < -0.39 is 0 Å². The summed E-state index contributed by atoms with van der Waals surface area (Å²) in [6.45, 7) is 3.38. The number of hydrogen-bond donors (Lipinski definition) is 1. The highest BCUT2D eigenvalue weighted by Gasteiger charge is 2.23. The Hall–Kier alpha value is -2.53. The number of carbonyl (C=O) groups excluding carboxylic acids is 1. The lowest BCUT2D eigenvalue weighted by Crippen LogP contribution is -2.36. The fraction of sp³-hybridized carbons (Fsp3) is 0.435. The van der Waals surface area contributed by atoms with Crippen molar-refractivity contribution < 1.29 is 14.3 Å². The number of amides is 1. The third-order valence-corrected chi connectivity index (χ3v) is 5.13. The minimum atomic E-state index is 0.0819. The fourth-order valence-electron chi connectivity index (χ4n) is 3.58. The van der Waals surface area contributed by atoms with E-state index in [1.807, 2.05) is 30.3 Å². The molecule has 1 N–H and O–H groups in total. The molecule has 1 aliphatic heterocycles. The van der Waals surface area contributed by atoms with Crippen molar-refractivity contribution in [2.24, 2.45) is 0 Å². The van der Waals surface area contributed by atoms with Crippen LogP contribution in [0.25, 0.3) is 0 Å². The van der Waals surface area contributed by atoms with Gasteiger partial charge in [-0.2, -0.15) is 0 Å². The van der Waals surface area contributed by atoms with Gasteiger partial charge in [-0.1, -0.05) is 30.3 Å². The van der Waals surface area contributed by atoms with Gasteiger partial charge in [-0.25, -0.2) is 0 Å².